The van der Waals surface area contributed by atoms with Gasteiger partial charge in [-0.1, -0.05) is 17.3 Å². The number of carbonyl (C=O) groups excluding carboxylic acids is 1. The lowest BCUT2D eigenvalue weighted by molar-refractivity contribution is 0.0585. The van der Waals surface area contributed by atoms with Gasteiger partial charge in [0.05, 0.1) is 6.61 Å². The lowest BCUT2D eigenvalue weighted by Gasteiger charge is -2.34. The molecule has 0 atom stereocenters. The Hall–Kier alpha value is -2.38. The van der Waals surface area contributed by atoms with Gasteiger partial charge in [0.15, 0.2) is 11.5 Å². The lowest BCUT2D eigenvalue weighted by atomic mass is 10.1. The summed E-state index contributed by atoms with van der Waals surface area (Å²) in [7, 11) is 1.70. The second-order valence-corrected chi connectivity index (χ2v) is 6.86. The van der Waals surface area contributed by atoms with Crippen LogP contribution in [0.1, 0.15) is 27.4 Å². The molecule has 0 N–H and O–H groups in total. The third-order valence-electron chi connectivity index (χ3n) is 4.76. The van der Waals surface area contributed by atoms with Gasteiger partial charge in [-0.25, -0.2) is 0 Å². The van der Waals surface area contributed by atoms with Crippen molar-refractivity contribution >= 4 is 5.91 Å². The van der Waals surface area contributed by atoms with Crippen LogP contribution >= 0.6 is 0 Å². The molecule has 2 heterocycles. The Morgan fingerprint density at radius 2 is 1.96 bits per heavy atom. The first-order chi connectivity index (χ1) is 13.1. The molecular weight excluding hydrogens is 346 g/mol. The monoisotopic (exact) mass is 373 g/mol. The van der Waals surface area contributed by atoms with E-state index in [0.717, 1.165) is 36.5 Å². The summed E-state index contributed by atoms with van der Waals surface area (Å²) in [6.45, 7) is 8.92. The van der Waals surface area contributed by atoms with Crippen molar-refractivity contribution in [1.82, 2.24) is 15.0 Å². The maximum absolute atomic E-state index is 12.6. The zero-order valence-corrected chi connectivity index (χ0v) is 16.2. The lowest BCUT2D eigenvalue weighted by Crippen LogP contribution is -2.49. The van der Waals surface area contributed by atoms with E-state index in [2.05, 4.69) is 10.1 Å². The summed E-state index contributed by atoms with van der Waals surface area (Å²) < 4.78 is 16.2. The van der Waals surface area contributed by atoms with E-state index in [0.29, 0.717) is 31.2 Å². The molecule has 0 bridgehead atoms. The highest BCUT2D eigenvalue weighted by molar-refractivity contribution is 5.92. The Kier molecular flexibility index (Phi) is 6.47. The SMILES string of the molecule is COCCN1CCN(C(=O)c2cc(COc3cc(C)ccc3C)on2)CC1. The molecule has 1 aliphatic rings. The second kappa shape index (κ2) is 9.01. The standard InChI is InChI=1S/C20H27N3O4/c1-15-4-5-16(2)19(12-15)26-14-17-13-18(21-27-17)20(24)23-8-6-22(7-9-23)10-11-25-3/h4-5,12-13H,6-11,14H2,1-3H3. The third-order valence-corrected chi connectivity index (χ3v) is 4.76. The van der Waals surface area contributed by atoms with E-state index in [9.17, 15) is 4.79 Å². The van der Waals surface area contributed by atoms with Gasteiger partial charge in [0.25, 0.3) is 5.91 Å². The first-order valence-electron chi connectivity index (χ1n) is 9.23. The van der Waals surface area contributed by atoms with Crippen molar-refractivity contribution in [2.75, 3.05) is 46.4 Å². The third kappa shape index (κ3) is 5.08. The number of hydrogen-bond acceptors (Lipinski definition) is 6. The minimum atomic E-state index is -0.0943. The Bertz CT molecular complexity index is 766. The molecule has 1 aliphatic heterocycles. The summed E-state index contributed by atoms with van der Waals surface area (Å²) in [4.78, 5) is 16.7. The van der Waals surface area contributed by atoms with Crippen LogP contribution in [-0.2, 0) is 11.3 Å². The highest BCUT2D eigenvalue weighted by Crippen LogP contribution is 2.21. The molecule has 27 heavy (non-hydrogen) atoms. The van der Waals surface area contributed by atoms with Gasteiger partial charge >= 0.3 is 0 Å². The summed E-state index contributed by atoms with van der Waals surface area (Å²) >= 11 is 0. The molecule has 0 aliphatic carbocycles. The number of nitrogens with zero attached hydrogens (tertiary/aromatic N) is 3. The number of ether oxygens (including phenoxy) is 2. The summed E-state index contributed by atoms with van der Waals surface area (Å²) in [6, 6.07) is 7.72. The second-order valence-electron chi connectivity index (χ2n) is 6.86. The average Bonchev–Trinajstić information content (AvgIpc) is 3.16. The van der Waals surface area contributed by atoms with Gasteiger partial charge in [-0.05, 0) is 31.0 Å². The van der Waals surface area contributed by atoms with Crippen LogP contribution in [0.5, 0.6) is 5.75 Å². The van der Waals surface area contributed by atoms with Crippen LogP contribution in [-0.4, -0.2) is 67.3 Å². The maximum atomic E-state index is 12.6. The quantitative estimate of drug-likeness (QED) is 0.742. The maximum Gasteiger partial charge on any atom is 0.276 e. The fourth-order valence-corrected chi connectivity index (χ4v) is 3.05. The van der Waals surface area contributed by atoms with E-state index < -0.39 is 0 Å². The molecule has 0 radical (unpaired) electrons. The van der Waals surface area contributed by atoms with E-state index in [-0.39, 0.29) is 12.5 Å². The summed E-state index contributed by atoms with van der Waals surface area (Å²) in [6.07, 6.45) is 0. The molecule has 1 amide bonds. The van der Waals surface area contributed by atoms with E-state index >= 15 is 0 Å². The van der Waals surface area contributed by atoms with E-state index in [1.54, 1.807) is 13.2 Å². The molecule has 0 saturated carbocycles. The largest absolute Gasteiger partial charge is 0.485 e. The minimum absolute atomic E-state index is 0.0943. The van der Waals surface area contributed by atoms with Crippen LogP contribution in [0.15, 0.2) is 28.8 Å². The average molecular weight is 373 g/mol. The minimum Gasteiger partial charge on any atom is -0.485 e. The summed E-state index contributed by atoms with van der Waals surface area (Å²) in [5.74, 6) is 1.26. The zero-order valence-electron chi connectivity index (χ0n) is 16.2. The predicted molar refractivity (Wildman–Crippen MR) is 101 cm³/mol. The van der Waals surface area contributed by atoms with Crippen LogP contribution < -0.4 is 4.74 Å². The van der Waals surface area contributed by atoms with Crippen molar-refractivity contribution < 1.29 is 18.8 Å². The van der Waals surface area contributed by atoms with Gasteiger partial charge in [0.2, 0.25) is 0 Å². The van der Waals surface area contributed by atoms with Crippen molar-refractivity contribution in [3.05, 3.63) is 46.8 Å². The van der Waals surface area contributed by atoms with Gasteiger partial charge in [0, 0.05) is 45.9 Å². The number of aryl methyl sites for hydroxylation is 2. The van der Waals surface area contributed by atoms with E-state index in [1.807, 2.05) is 36.9 Å². The molecule has 1 saturated heterocycles. The van der Waals surface area contributed by atoms with Crippen molar-refractivity contribution in [3.8, 4) is 5.75 Å². The van der Waals surface area contributed by atoms with Gasteiger partial charge in [-0.3, -0.25) is 9.69 Å². The Labute approximate surface area is 159 Å². The molecule has 7 heteroatoms. The zero-order chi connectivity index (χ0) is 19.2. The highest BCUT2D eigenvalue weighted by Gasteiger charge is 2.24. The number of rotatable bonds is 7. The number of methoxy groups -OCH3 is 1. The molecule has 3 rings (SSSR count). The van der Waals surface area contributed by atoms with Crippen LogP contribution in [0.4, 0.5) is 0 Å². The van der Waals surface area contributed by atoms with Gasteiger partial charge in [-0.2, -0.15) is 0 Å². The number of aromatic nitrogens is 1. The van der Waals surface area contributed by atoms with Crippen LogP contribution in [0.2, 0.25) is 0 Å². The van der Waals surface area contributed by atoms with Crippen molar-refractivity contribution in [2.45, 2.75) is 20.5 Å². The Balaban J connectivity index is 1.53. The molecule has 2 aromatic rings. The van der Waals surface area contributed by atoms with Crippen molar-refractivity contribution in [3.63, 3.8) is 0 Å². The molecular formula is C20H27N3O4. The smallest absolute Gasteiger partial charge is 0.276 e. The highest BCUT2D eigenvalue weighted by atomic mass is 16.5. The van der Waals surface area contributed by atoms with Crippen molar-refractivity contribution in [2.24, 2.45) is 0 Å². The predicted octanol–water partition coefficient (Wildman–Crippen LogP) is 2.27. The molecule has 0 spiro atoms. The Morgan fingerprint density at radius 3 is 2.70 bits per heavy atom. The molecule has 1 aromatic heterocycles. The van der Waals surface area contributed by atoms with Crippen molar-refractivity contribution in [1.29, 1.82) is 0 Å². The molecule has 1 aromatic carbocycles. The van der Waals surface area contributed by atoms with E-state index in [1.165, 1.54) is 0 Å². The first-order valence-corrected chi connectivity index (χ1v) is 9.23. The van der Waals surface area contributed by atoms with Crippen LogP contribution in [0.25, 0.3) is 0 Å². The fourth-order valence-electron chi connectivity index (χ4n) is 3.05. The number of benzene rings is 1. The van der Waals surface area contributed by atoms with Gasteiger partial charge < -0.3 is 18.9 Å². The van der Waals surface area contributed by atoms with Crippen LogP contribution in [0.3, 0.4) is 0 Å². The summed E-state index contributed by atoms with van der Waals surface area (Å²) in [5.41, 5.74) is 2.52. The topological polar surface area (TPSA) is 68.0 Å². The van der Waals surface area contributed by atoms with E-state index in [4.69, 9.17) is 14.0 Å². The number of carbonyl (C=O) groups is 1. The van der Waals surface area contributed by atoms with Gasteiger partial charge in [0.1, 0.15) is 12.4 Å². The fraction of sp³-hybridized carbons (Fsp3) is 0.500. The number of amides is 1. The Morgan fingerprint density at radius 1 is 1.19 bits per heavy atom. The first kappa shape index (κ1) is 19.4. The number of piperazine rings is 1. The molecule has 0 unspecified atom stereocenters. The van der Waals surface area contributed by atoms with Crippen LogP contribution in [0, 0.1) is 13.8 Å². The normalized spacial score (nSPS) is 15.1. The van der Waals surface area contributed by atoms with Gasteiger partial charge in [-0.15, -0.1) is 0 Å². The summed E-state index contributed by atoms with van der Waals surface area (Å²) in [5, 5.41) is 3.93. The molecule has 146 valence electrons. The number of hydrogen-bond donors (Lipinski definition) is 0. The molecule has 7 nitrogen and oxygen atoms in total. The molecule has 1 fully saturated rings.